The van der Waals surface area contributed by atoms with Gasteiger partial charge in [-0.05, 0) is 36.2 Å². The first-order valence-corrected chi connectivity index (χ1v) is 9.35. The van der Waals surface area contributed by atoms with Crippen LogP contribution in [-0.4, -0.2) is 31.6 Å². The molecule has 0 radical (unpaired) electrons. The van der Waals surface area contributed by atoms with Crippen molar-refractivity contribution in [3.8, 4) is 24.0 Å². The van der Waals surface area contributed by atoms with Crippen LogP contribution in [0.2, 0.25) is 0 Å². The summed E-state index contributed by atoms with van der Waals surface area (Å²) in [4.78, 5) is 2.29. The molecule has 2 aliphatic rings. The summed E-state index contributed by atoms with van der Waals surface area (Å²) >= 11 is 0. The van der Waals surface area contributed by atoms with Crippen molar-refractivity contribution in [1.29, 1.82) is 15.8 Å². The topological polar surface area (TPSA) is 110 Å². The van der Waals surface area contributed by atoms with E-state index in [-0.39, 0.29) is 17.2 Å². The van der Waals surface area contributed by atoms with Gasteiger partial charge in [0.2, 0.25) is 0 Å². The Balaban J connectivity index is 2.27. The maximum absolute atomic E-state index is 10.1. The predicted octanol–water partition coefficient (Wildman–Crippen LogP) is 2.83. The molecule has 0 aromatic heterocycles. The second kappa shape index (κ2) is 7.77. The van der Waals surface area contributed by atoms with Gasteiger partial charge in [0.1, 0.15) is 11.8 Å². The number of rotatable bonds is 4. The van der Waals surface area contributed by atoms with E-state index in [1.165, 1.54) is 0 Å². The Morgan fingerprint density at radius 3 is 2.64 bits per heavy atom. The molecule has 6 nitrogen and oxygen atoms in total. The highest BCUT2D eigenvalue weighted by Crippen LogP contribution is 2.54. The fraction of sp³-hybridized carbons (Fsp3) is 0.409. The molecule has 2 atom stereocenters. The van der Waals surface area contributed by atoms with Gasteiger partial charge < -0.3 is 10.5 Å². The zero-order valence-corrected chi connectivity index (χ0v) is 16.1. The highest BCUT2D eigenvalue weighted by Gasteiger charge is 2.54. The van der Waals surface area contributed by atoms with Gasteiger partial charge in [-0.1, -0.05) is 25.1 Å². The van der Waals surface area contributed by atoms with Crippen LogP contribution in [0.25, 0.3) is 0 Å². The van der Waals surface area contributed by atoms with Crippen molar-refractivity contribution in [2.24, 2.45) is 17.1 Å². The molecule has 1 aliphatic carbocycles. The van der Waals surface area contributed by atoms with E-state index in [2.05, 4.69) is 30.0 Å². The summed E-state index contributed by atoms with van der Waals surface area (Å²) in [5, 5.41) is 29.9. The fourth-order valence-corrected chi connectivity index (χ4v) is 4.45. The molecule has 0 saturated carbocycles. The molecule has 3 rings (SSSR count). The highest BCUT2D eigenvalue weighted by atomic mass is 16.5. The third kappa shape index (κ3) is 2.91. The lowest BCUT2D eigenvalue weighted by Crippen LogP contribution is -2.48. The molecule has 6 heteroatoms. The van der Waals surface area contributed by atoms with Gasteiger partial charge in [-0.15, -0.1) is 0 Å². The van der Waals surface area contributed by atoms with Gasteiger partial charge in [0, 0.05) is 24.9 Å². The third-order valence-electron chi connectivity index (χ3n) is 5.73. The lowest BCUT2D eigenvalue weighted by molar-refractivity contribution is 0.207. The number of ether oxygens (including phenoxy) is 1. The minimum Gasteiger partial charge on any atom is -0.497 e. The molecule has 1 aromatic carbocycles. The molecular formula is C22H23N5O. The van der Waals surface area contributed by atoms with Crippen molar-refractivity contribution < 1.29 is 4.74 Å². The van der Waals surface area contributed by atoms with Gasteiger partial charge in [0.15, 0.2) is 5.41 Å². The predicted molar refractivity (Wildman–Crippen MR) is 105 cm³/mol. The van der Waals surface area contributed by atoms with Crippen molar-refractivity contribution in [2.75, 3.05) is 26.7 Å². The van der Waals surface area contributed by atoms with E-state index >= 15 is 0 Å². The molecule has 1 aliphatic heterocycles. The van der Waals surface area contributed by atoms with E-state index in [0.29, 0.717) is 12.3 Å². The molecule has 1 aromatic rings. The van der Waals surface area contributed by atoms with E-state index in [0.717, 1.165) is 30.6 Å². The quantitative estimate of drug-likeness (QED) is 0.869. The van der Waals surface area contributed by atoms with Crippen LogP contribution in [0.15, 0.2) is 47.2 Å². The van der Waals surface area contributed by atoms with Gasteiger partial charge in [0.05, 0.1) is 30.5 Å². The van der Waals surface area contributed by atoms with Gasteiger partial charge in [-0.25, -0.2) is 0 Å². The molecule has 0 amide bonds. The number of methoxy groups -OCH3 is 1. The Labute approximate surface area is 165 Å². The van der Waals surface area contributed by atoms with Crippen LogP contribution in [0, 0.1) is 45.3 Å². The first kappa shape index (κ1) is 19.5. The zero-order valence-electron chi connectivity index (χ0n) is 16.1. The zero-order chi connectivity index (χ0) is 20.3. The first-order chi connectivity index (χ1) is 13.6. The number of nitrogens with two attached hydrogens (primary N) is 1. The number of hydrogen-bond acceptors (Lipinski definition) is 6. The Kier molecular flexibility index (Phi) is 5.41. The molecule has 0 bridgehead atoms. The summed E-state index contributed by atoms with van der Waals surface area (Å²) in [6.45, 7) is 4.44. The molecule has 142 valence electrons. The second-order valence-corrected chi connectivity index (χ2v) is 7.21. The summed E-state index contributed by atoms with van der Waals surface area (Å²) in [5.41, 5.74) is 6.71. The average Bonchev–Trinajstić information content (AvgIpc) is 2.73. The van der Waals surface area contributed by atoms with Crippen LogP contribution >= 0.6 is 0 Å². The van der Waals surface area contributed by atoms with Crippen molar-refractivity contribution >= 4 is 0 Å². The molecule has 2 N–H and O–H groups in total. The molecule has 0 fully saturated rings. The molecule has 0 saturated heterocycles. The van der Waals surface area contributed by atoms with E-state index in [9.17, 15) is 15.8 Å². The van der Waals surface area contributed by atoms with Crippen LogP contribution in [0.3, 0.4) is 0 Å². The smallest absolute Gasteiger partial charge is 0.191 e. The second-order valence-electron chi connectivity index (χ2n) is 7.21. The van der Waals surface area contributed by atoms with Crippen LogP contribution in [0.4, 0.5) is 0 Å². The monoisotopic (exact) mass is 373 g/mol. The van der Waals surface area contributed by atoms with E-state index < -0.39 is 11.3 Å². The lowest BCUT2D eigenvalue weighted by Gasteiger charge is -2.45. The summed E-state index contributed by atoms with van der Waals surface area (Å²) in [6, 6.07) is 13.9. The van der Waals surface area contributed by atoms with Crippen molar-refractivity contribution in [1.82, 2.24) is 4.90 Å². The largest absolute Gasteiger partial charge is 0.497 e. The van der Waals surface area contributed by atoms with Crippen molar-refractivity contribution in [2.45, 2.75) is 19.3 Å². The third-order valence-corrected chi connectivity index (χ3v) is 5.73. The first-order valence-electron chi connectivity index (χ1n) is 9.35. The molecule has 28 heavy (non-hydrogen) atoms. The number of allylic oxidation sites excluding steroid dienone is 2. The van der Waals surface area contributed by atoms with E-state index in [1.54, 1.807) is 7.11 Å². The van der Waals surface area contributed by atoms with Gasteiger partial charge in [0.25, 0.3) is 0 Å². The van der Waals surface area contributed by atoms with Crippen LogP contribution < -0.4 is 10.5 Å². The summed E-state index contributed by atoms with van der Waals surface area (Å²) < 4.78 is 5.36. The van der Waals surface area contributed by atoms with E-state index in [4.69, 9.17) is 10.5 Å². The van der Waals surface area contributed by atoms with E-state index in [1.807, 2.05) is 30.3 Å². The van der Waals surface area contributed by atoms with Crippen molar-refractivity contribution in [3.05, 3.63) is 52.7 Å². The molecule has 1 heterocycles. The molecule has 0 spiro atoms. The summed E-state index contributed by atoms with van der Waals surface area (Å²) in [6.07, 6.45) is 3.03. The van der Waals surface area contributed by atoms with Crippen LogP contribution in [0.5, 0.6) is 5.75 Å². The molecule has 2 unspecified atom stereocenters. The van der Waals surface area contributed by atoms with Crippen LogP contribution in [0.1, 0.15) is 24.8 Å². The Hall–Kier alpha value is -3.27. The Bertz CT molecular complexity index is 942. The normalized spacial score (nSPS) is 23.6. The van der Waals surface area contributed by atoms with Crippen molar-refractivity contribution in [3.63, 3.8) is 0 Å². The minimum atomic E-state index is -1.60. The molecular weight excluding hydrogens is 350 g/mol. The number of hydrogen-bond donors (Lipinski definition) is 1. The maximum Gasteiger partial charge on any atom is 0.191 e. The fourth-order valence-electron chi connectivity index (χ4n) is 4.45. The highest BCUT2D eigenvalue weighted by molar-refractivity contribution is 5.59. The van der Waals surface area contributed by atoms with Crippen LogP contribution in [-0.2, 0) is 0 Å². The summed E-state index contributed by atoms with van der Waals surface area (Å²) in [7, 11) is 1.58. The average molecular weight is 373 g/mol. The Morgan fingerprint density at radius 2 is 2.04 bits per heavy atom. The maximum atomic E-state index is 10.1. The number of fused-ring (bicyclic) bond motifs is 1. The number of benzene rings is 1. The number of nitrogens with zero attached hydrogens (tertiary/aromatic N) is 4. The number of nitriles is 3. The SMILES string of the molecule is CCCN1CC=C2C(C#N)=C(N)C(C#N)(C#N)C(c3cccc(OC)c3)C2C1. The minimum absolute atomic E-state index is 0.0549. The lowest BCUT2D eigenvalue weighted by atomic mass is 9.58. The Morgan fingerprint density at radius 1 is 1.29 bits per heavy atom. The standard InChI is InChI=1S/C22H23N5O/c1-3-8-27-9-7-17-18(11-23)21(26)22(13-24,14-25)20(19(17)12-27)15-5-4-6-16(10-15)28-2/h4-7,10,19-20H,3,8-9,12,26H2,1-2H3. The van der Waals surface area contributed by atoms with Gasteiger partial charge >= 0.3 is 0 Å². The van der Waals surface area contributed by atoms with Gasteiger partial charge in [-0.2, -0.15) is 15.8 Å². The van der Waals surface area contributed by atoms with Gasteiger partial charge in [-0.3, -0.25) is 4.90 Å². The summed E-state index contributed by atoms with van der Waals surface area (Å²) in [5.74, 6) is -0.00285.